The van der Waals surface area contributed by atoms with E-state index in [1.807, 2.05) is 0 Å². The molecule has 0 unspecified atom stereocenters. The maximum atomic E-state index is 13.0. The van der Waals surface area contributed by atoms with E-state index in [0.717, 1.165) is 4.68 Å². The van der Waals surface area contributed by atoms with Gasteiger partial charge in [0.15, 0.2) is 0 Å². The molecule has 6 nitrogen and oxygen atoms in total. The van der Waals surface area contributed by atoms with Gasteiger partial charge < -0.3 is 5.11 Å². The van der Waals surface area contributed by atoms with Crippen LogP contribution in [0, 0.1) is 0 Å². The number of hydrogen-bond acceptors (Lipinski definition) is 4. The first-order valence-corrected chi connectivity index (χ1v) is 6.44. The average molecular weight is 343 g/mol. The van der Waals surface area contributed by atoms with Crippen LogP contribution >= 0.6 is 11.6 Å². The number of aromatic nitrogens is 2. The van der Waals surface area contributed by atoms with Crippen molar-refractivity contribution in [2.45, 2.75) is 38.0 Å². The molecule has 0 fully saturated rings. The lowest BCUT2D eigenvalue weighted by atomic mass is 10.1. The molecule has 2 rings (SSSR count). The number of carbonyl (C=O) groups is 1. The molecule has 1 aliphatic rings. The number of nitrogens with zero attached hydrogens (tertiary/aromatic N) is 4. The van der Waals surface area contributed by atoms with E-state index in [4.69, 9.17) is 11.6 Å². The number of aliphatic hydroxyl groups is 1. The Bertz CT molecular complexity index is 609. The van der Waals surface area contributed by atoms with Crippen LogP contribution in [-0.2, 0) is 4.79 Å². The molecule has 0 saturated heterocycles. The zero-order valence-electron chi connectivity index (χ0n) is 11.1. The predicted octanol–water partition coefficient (Wildman–Crippen LogP) is 1.90. The van der Waals surface area contributed by atoms with Gasteiger partial charge in [-0.05, 0) is 6.92 Å². The fourth-order valence-electron chi connectivity index (χ4n) is 1.94. The molecule has 2 heterocycles. The standard InChI is InChI=1S/C11H11ClF4N4O2/c1-5(19-4-6(12)3-17-19)9(21)20-11(22,10(15)16)2-7(18-20)8(13)14/h3-5,8,10,22H,2H2,1H3/t5-,11+/m0/s1. The molecule has 0 aliphatic carbocycles. The van der Waals surface area contributed by atoms with Crippen LogP contribution in [0.4, 0.5) is 17.6 Å². The smallest absolute Gasteiger partial charge is 0.287 e. The van der Waals surface area contributed by atoms with E-state index in [1.54, 1.807) is 0 Å². The molecule has 1 aromatic heterocycles. The molecule has 0 radical (unpaired) electrons. The van der Waals surface area contributed by atoms with E-state index in [-0.39, 0.29) is 10.0 Å². The van der Waals surface area contributed by atoms with E-state index in [1.165, 1.54) is 19.3 Å². The highest BCUT2D eigenvalue weighted by Gasteiger charge is 2.54. The van der Waals surface area contributed by atoms with E-state index in [0.29, 0.717) is 0 Å². The number of hydrazone groups is 1. The van der Waals surface area contributed by atoms with E-state index in [9.17, 15) is 27.5 Å². The summed E-state index contributed by atoms with van der Waals surface area (Å²) in [6.07, 6.45) is -5.29. The Morgan fingerprint density at radius 1 is 1.45 bits per heavy atom. The van der Waals surface area contributed by atoms with E-state index in [2.05, 4.69) is 10.2 Å². The number of amides is 1. The number of halogens is 5. The molecule has 0 bridgehead atoms. The van der Waals surface area contributed by atoms with Crippen LogP contribution in [0.25, 0.3) is 0 Å². The fraction of sp³-hybridized carbons (Fsp3) is 0.545. The van der Waals surface area contributed by atoms with Crippen LogP contribution in [0.5, 0.6) is 0 Å². The third-order valence-electron chi connectivity index (χ3n) is 3.17. The van der Waals surface area contributed by atoms with Gasteiger partial charge in [0.2, 0.25) is 5.72 Å². The molecule has 1 aromatic rings. The first kappa shape index (κ1) is 16.7. The Kier molecular flexibility index (Phi) is 4.43. The Hall–Kier alpha value is -1.68. The number of alkyl halides is 4. The molecule has 11 heteroatoms. The van der Waals surface area contributed by atoms with Crippen LogP contribution in [0.15, 0.2) is 17.5 Å². The average Bonchev–Trinajstić information content (AvgIpc) is 3.02. The minimum Gasteiger partial charge on any atom is -0.364 e. The van der Waals surface area contributed by atoms with Crippen molar-refractivity contribution in [1.29, 1.82) is 0 Å². The zero-order chi connectivity index (χ0) is 16.7. The van der Waals surface area contributed by atoms with Crippen molar-refractivity contribution in [3.05, 3.63) is 17.4 Å². The first-order chi connectivity index (χ1) is 10.2. The largest absolute Gasteiger partial charge is 0.364 e. The summed E-state index contributed by atoms with van der Waals surface area (Å²) in [4.78, 5) is 12.2. The summed E-state index contributed by atoms with van der Waals surface area (Å²) in [5, 5.41) is 17.0. The summed E-state index contributed by atoms with van der Waals surface area (Å²) in [7, 11) is 0. The predicted molar refractivity (Wildman–Crippen MR) is 67.8 cm³/mol. The van der Waals surface area contributed by atoms with Crippen molar-refractivity contribution in [3.63, 3.8) is 0 Å². The quantitative estimate of drug-likeness (QED) is 0.850. The summed E-state index contributed by atoms with van der Waals surface area (Å²) in [5.41, 5.74) is -4.09. The van der Waals surface area contributed by atoms with Gasteiger partial charge in [0.25, 0.3) is 18.8 Å². The van der Waals surface area contributed by atoms with Gasteiger partial charge in [0, 0.05) is 12.6 Å². The van der Waals surface area contributed by atoms with Crippen molar-refractivity contribution in [1.82, 2.24) is 14.8 Å². The second-order valence-electron chi connectivity index (χ2n) is 4.71. The highest BCUT2D eigenvalue weighted by atomic mass is 35.5. The molecule has 1 amide bonds. The molecular formula is C11H11ClF4N4O2. The Balaban J connectivity index is 2.32. The topological polar surface area (TPSA) is 70.7 Å². The summed E-state index contributed by atoms with van der Waals surface area (Å²) in [5.74, 6) is -1.11. The number of rotatable bonds is 4. The molecule has 0 aromatic carbocycles. The lowest BCUT2D eigenvalue weighted by molar-refractivity contribution is -0.194. The fourth-order valence-corrected chi connectivity index (χ4v) is 2.08. The van der Waals surface area contributed by atoms with Crippen LogP contribution < -0.4 is 0 Å². The van der Waals surface area contributed by atoms with Gasteiger partial charge in [0.1, 0.15) is 11.8 Å². The molecule has 0 spiro atoms. The van der Waals surface area contributed by atoms with Crippen molar-refractivity contribution >= 4 is 23.2 Å². The number of carbonyl (C=O) groups excluding carboxylic acids is 1. The van der Waals surface area contributed by atoms with E-state index < -0.39 is 42.7 Å². The van der Waals surface area contributed by atoms with Crippen LogP contribution in [0.3, 0.4) is 0 Å². The minimum atomic E-state index is -3.47. The van der Waals surface area contributed by atoms with Crippen LogP contribution in [0.2, 0.25) is 5.02 Å². The van der Waals surface area contributed by atoms with E-state index >= 15 is 0 Å². The van der Waals surface area contributed by atoms with Gasteiger partial charge in [-0.3, -0.25) is 9.48 Å². The van der Waals surface area contributed by atoms with Gasteiger partial charge in [-0.25, -0.2) is 17.6 Å². The zero-order valence-corrected chi connectivity index (χ0v) is 11.9. The molecule has 1 aliphatic heterocycles. The molecule has 1 N–H and O–H groups in total. The van der Waals surface area contributed by atoms with Crippen molar-refractivity contribution in [2.24, 2.45) is 5.10 Å². The second-order valence-corrected chi connectivity index (χ2v) is 5.15. The van der Waals surface area contributed by atoms with Gasteiger partial charge in [-0.1, -0.05) is 11.6 Å². The highest BCUT2D eigenvalue weighted by molar-refractivity contribution is 6.30. The summed E-state index contributed by atoms with van der Waals surface area (Å²) >= 11 is 5.64. The van der Waals surface area contributed by atoms with Crippen LogP contribution in [0.1, 0.15) is 19.4 Å². The molecule has 0 saturated carbocycles. The molecular weight excluding hydrogens is 332 g/mol. The van der Waals surface area contributed by atoms with Crippen molar-refractivity contribution < 1.29 is 27.5 Å². The monoisotopic (exact) mass is 342 g/mol. The molecule has 22 heavy (non-hydrogen) atoms. The normalized spacial score (nSPS) is 23.3. The Morgan fingerprint density at radius 2 is 2.09 bits per heavy atom. The lowest BCUT2D eigenvalue weighted by Crippen LogP contribution is -2.53. The number of hydrogen-bond donors (Lipinski definition) is 1. The second kappa shape index (κ2) is 5.84. The minimum absolute atomic E-state index is 0.000584. The molecule has 2 atom stereocenters. The lowest BCUT2D eigenvalue weighted by Gasteiger charge is -2.31. The summed E-state index contributed by atoms with van der Waals surface area (Å²) in [6.45, 7) is 1.29. The van der Waals surface area contributed by atoms with Crippen molar-refractivity contribution in [2.75, 3.05) is 0 Å². The third-order valence-corrected chi connectivity index (χ3v) is 3.37. The van der Waals surface area contributed by atoms with Crippen LogP contribution in [-0.4, -0.2) is 50.1 Å². The summed E-state index contributed by atoms with van der Waals surface area (Å²) < 4.78 is 52.4. The van der Waals surface area contributed by atoms with Crippen molar-refractivity contribution in [3.8, 4) is 0 Å². The third kappa shape index (κ3) is 2.80. The summed E-state index contributed by atoms with van der Waals surface area (Å²) in [6, 6.07) is -1.17. The maximum Gasteiger partial charge on any atom is 0.287 e. The van der Waals surface area contributed by atoms with Gasteiger partial charge in [-0.2, -0.15) is 15.2 Å². The maximum absolute atomic E-state index is 13.0. The van der Waals surface area contributed by atoms with Gasteiger partial charge >= 0.3 is 0 Å². The Labute approximate surface area is 126 Å². The first-order valence-electron chi connectivity index (χ1n) is 6.06. The highest BCUT2D eigenvalue weighted by Crippen LogP contribution is 2.34. The SMILES string of the molecule is C[C@@H](C(=O)N1N=C(C(F)F)C[C@@]1(O)C(F)F)n1cc(Cl)cn1. The van der Waals surface area contributed by atoms with Gasteiger partial charge in [-0.15, -0.1) is 0 Å². The van der Waals surface area contributed by atoms with Gasteiger partial charge in [0.05, 0.1) is 11.2 Å². The Morgan fingerprint density at radius 3 is 2.55 bits per heavy atom. The molecule has 122 valence electrons.